The summed E-state index contributed by atoms with van der Waals surface area (Å²) in [4.78, 5) is 24.6. The Morgan fingerprint density at radius 2 is 1.75 bits per heavy atom. The molecule has 4 rings (SSSR count). The van der Waals surface area contributed by atoms with E-state index in [1.807, 2.05) is 0 Å². The van der Waals surface area contributed by atoms with Gasteiger partial charge in [-0.15, -0.1) is 10.2 Å². The van der Waals surface area contributed by atoms with Crippen LogP contribution in [-0.2, 0) is 10.1 Å². The molecule has 32 heavy (non-hydrogen) atoms. The molecule has 1 aliphatic rings. The van der Waals surface area contributed by atoms with E-state index in [0.717, 1.165) is 6.20 Å². The number of hydrogen-bond acceptors (Lipinski definition) is 12. The molecule has 0 aliphatic heterocycles. The summed E-state index contributed by atoms with van der Waals surface area (Å²) in [5.41, 5.74) is -2.52. The predicted molar refractivity (Wildman–Crippen MR) is 102 cm³/mol. The van der Waals surface area contributed by atoms with Gasteiger partial charge in [-0.05, 0) is 5.21 Å². The number of H-pyrrole nitrogens is 1. The summed E-state index contributed by atoms with van der Waals surface area (Å²) in [5, 5.41) is 45.1. The normalized spacial score (nSPS) is 13.3. The molecule has 0 unspecified atom stereocenters. The Balaban J connectivity index is 2.03. The summed E-state index contributed by atoms with van der Waals surface area (Å²) >= 11 is 0. The Morgan fingerprint density at radius 1 is 1.12 bits per heavy atom. The summed E-state index contributed by atoms with van der Waals surface area (Å²) in [6, 6.07) is 7.25. The third-order valence-corrected chi connectivity index (χ3v) is 5.48. The number of anilines is 1. The Morgan fingerprint density at radius 3 is 2.28 bits per heavy atom. The first kappa shape index (κ1) is 20.7. The van der Waals surface area contributed by atoms with Gasteiger partial charge in [-0.25, -0.2) is 8.42 Å². The average molecular weight is 453 g/mol. The number of nitriles is 1. The molecule has 0 atom stereocenters. The van der Waals surface area contributed by atoms with Crippen molar-refractivity contribution in [1.29, 1.82) is 5.26 Å². The average Bonchev–Trinajstić information content (AvgIpc) is 3.27. The Bertz CT molecular complexity index is 1490. The zero-order valence-corrected chi connectivity index (χ0v) is 16.3. The molecule has 1 heterocycles. The number of aromatic nitrogens is 4. The molecule has 0 spiro atoms. The molecule has 160 valence electrons. The third-order valence-electron chi connectivity index (χ3n) is 4.59. The molecule has 0 radical (unpaired) electrons. The van der Waals surface area contributed by atoms with Gasteiger partial charge in [0.25, 0.3) is 0 Å². The minimum atomic E-state index is -5.50. The van der Waals surface area contributed by atoms with Gasteiger partial charge in [0.05, 0.1) is 16.8 Å². The number of phenolic OH excluding ortho intramolecular Hbond substituents is 2. The Hall–Kier alpha value is -4.61. The summed E-state index contributed by atoms with van der Waals surface area (Å²) in [6.07, 6.45) is 0.900. The number of tetrazole rings is 1. The summed E-state index contributed by atoms with van der Waals surface area (Å²) in [7, 11) is -5.50. The highest BCUT2D eigenvalue weighted by molar-refractivity contribution is 7.86. The quantitative estimate of drug-likeness (QED) is 0.141. The van der Waals surface area contributed by atoms with E-state index in [2.05, 4.69) is 25.9 Å². The van der Waals surface area contributed by atoms with Gasteiger partial charge in [0.1, 0.15) is 32.4 Å². The number of carbonyl (C=O) groups is 2. The highest BCUT2D eigenvalue weighted by atomic mass is 32.2. The molecule has 0 bridgehead atoms. The van der Waals surface area contributed by atoms with Gasteiger partial charge in [0, 0.05) is 17.3 Å². The number of hydrogen-bond donors (Lipinski definition) is 4. The van der Waals surface area contributed by atoms with Crippen LogP contribution in [0.5, 0.6) is 11.5 Å². The smallest absolute Gasteiger partial charge is 0.216 e. The summed E-state index contributed by atoms with van der Waals surface area (Å²) in [5.74, 6) is -4.63. The van der Waals surface area contributed by atoms with Crippen LogP contribution in [0.25, 0.3) is 5.57 Å². The van der Waals surface area contributed by atoms with Gasteiger partial charge < -0.3 is 20.1 Å². The van der Waals surface area contributed by atoms with E-state index in [0.29, 0.717) is 0 Å². The van der Waals surface area contributed by atoms with Crippen molar-refractivity contribution in [2.75, 3.05) is 5.32 Å². The second kappa shape index (κ2) is 7.27. The largest absolute Gasteiger partial charge is 0.744 e. The minimum Gasteiger partial charge on any atom is -0.744 e. The predicted octanol–water partition coefficient (Wildman–Crippen LogP) is 0.267. The lowest BCUT2D eigenvalue weighted by Crippen LogP contribution is -2.23. The molecule has 3 aromatic rings. The maximum Gasteiger partial charge on any atom is 0.216 e. The molecular formula is C18H9N6O7S-. The van der Waals surface area contributed by atoms with Gasteiger partial charge in [-0.3, -0.25) is 9.59 Å². The van der Waals surface area contributed by atoms with Crippen LogP contribution in [0, 0.1) is 11.3 Å². The van der Waals surface area contributed by atoms with Crippen LogP contribution in [0.2, 0.25) is 0 Å². The molecule has 13 nitrogen and oxygen atoms in total. The van der Waals surface area contributed by atoms with Crippen LogP contribution < -0.4 is 5.32 Å². The third kappa shape index (κ3) is 3.05. The van der Waals surface area contributed by atoms with E-state index >= 15 is 0 Å². The van der Waals surface area contributed by atoms with Gasteiger partial charge in [-0.2, -0.15) is 10.5 Å². The maximum absolute atomic E-state index is 13.1. The fourth-order valence-electron chi connectivity index (χ4n) is 3.24. The van der Waals surface area contributed by atoms with E-state index in [9.17, 15) is 38.0 Å². The first-order valence-electron chi connectivity index (χ1n) is 8.53. The lowest BCUT2D eigenvalue weighted by Gasteiger charge is -2.24. The molecule has 14 heteroatoms. The van der Waals surface area contributed by atoms with Gasteiger partial charge in [0.15, 0.2) is 17.3 Å². The maximum atomic E-state index is 13.1. The number of rotatable bonds is 4. The number of nitrogens with zero attached hydrogens (tertiary/aromatic N) is 4. The lowest BCUT2D eigenvalue weighted by atomic mass is 9.82. The van der Waals surface area contributed by atoms with Crippen molar-refractivity contribution in [2.45, 2.75) is 4.90 Å². The molecule has 2 aromatic carbocycles. The second-order valence-corrected chi connectivity index (χ2v) is 7.68. The zero-order chi connectivity index (χ0) is 23.2. The summed E-state index contributed by atoms with van der Waals surface area (Å²) < 4.78 is 35.2. The molecule has 0 saturated heterocycles. The topological polar surface area (TPSA) is 222 Å². The highest BCUT2D eigenvalue weighted by Gasteiger charge is 2.38. The lowest BCUT2D eigenvalue weighted by molar-refractivity contribution is 0.0976. The molecule has 1 aliphatic carbocycles. The molecule has 0 saturated carbocycles. The van der Waals surface area contributed by atoms with Crippen molar-refractivity contribution >= 4 is 32.9 Å². The van der Waals surface area contributed by atoms with Crippen LogP contribution >= 0.6 is 0 Å². The number of aromatic amines is 1. The van der Waals surface area contributed by atoms with Crippen molar-refractivity contribution < 1.29 is 32.8 Å². The standard InChI is InChI=1S/C18H10N6O7S/c19-5-7(18-21-23-24-22-18)6-20-12-10-11(15(27)17(16(12)28)32(29,30)31)14(26)9-4-2-1-3-8(9)13(10)25/h1-4,6,20,27-28H,(H,29,30,31)(H,21,22,23,24)/p-1. The van der Waals surface area contributed by atoms with Crippen LogP contribution in [0.15, 0.2) is 35.4 Å². The molecule has 4 N–H and O–H groups in total. The number of ketones is 2. The fourth-order valence-corrected chi connectivity index (χ4v) is 3.92. The van der Waals surface area contributed by atoms with E-state index in [-0.39, 0.29) is 22.5 Å². The van der Waals surface area contributed by atoms with Crippen molar-refractivity contribution in [1.82, 2.24) is 20.6 Å². The van der Waals surface area contributed by atoms with Crippen LogP contribution in [-0.4, -0.2) is 55.4 Å². The molecule has 0 amide bonds. The van der Waals surface area contributed by atoms with E-state index in [1.165, 1.54) is 24.3 Å². The van der Waals surface area contributed by atoms with Gasteiger partial charge in [0.2, 0.25) is 5.82 Å². The number of allylic oxidation sites excluding steroid dienone is 1. The van der Waals surface area contributed by atoms with Crippen LogP contribution in [0.4, 0.5) is 5.69 Å². The Labute approximate surface area is 178 Å². The highest BCUT2D eigenvalue weighted by Crippen LogP contribution is 2.47. The fraction of sp³-hybridized carbons (Fsp3) is 0. The van der Waals surface area contributed by atoms with E-state index in [1.54, 1.807) is 6.07 Å². The van der Waals surface area contributed by atoms with Crippen molar-refractivity contribution in [3.05, 3.63) is 58.5 Å². The van der Waals surface area contributed by atoms with Crippen molar-refractivity contribution in [3.8, 4) is 17.6 Å². The van der Waals surface area contributed by atoms with Crippen molar-refractivity contribution in [2.24, 2.45) is 0 Å². The number of aromatic hydroxyl groups is 2. The number of carbonyl (C=O) groups excluding carboxylic acids is 2. The number of benzene rings is 2. The summed E-state index contributed by atoms with van der Waals surface area (Å²) in [6.45, 7) is 0. The second-order valence-electron chi connectivity index (χ2n) is 6.36. The molecule has 1 aromatic heterocycles. The molecular weight excluding hydrogens is 444 g/mol. The number of nitrogens with one attached hydrogen (secondary N) is 2. The first-order chi connectivity index (χ1) is 15.2. The number of fused-ring (bicyclic) bond motifs is 2. The number of phenols is 2. The van der Waals surface area contributed by atoms with E-state index < -0.39 is 54.9 Å². The van der Waals surface area contributed by atoms with Gasteiger partial charge in [-0.1, -0.05) is 24.3 Å². The zero-order valence-electron chi connectivity index (χ0n) is 15.5. The van der Waals surface area contributed by atoms with E-state index in [4.69, 9.17) is 0 Å². The van der Waals surface area contributed by atoms with Crippen LogP contribution in [0.1, 0.15) is 37.7 Å². The first-order valence-corrected chi connectivity index (χ1v) is 9.94. The van der Waals surface area contributed by atoms with Crippen LogP contribution in [0.3, 0.4) is 0 Å². The van der Waals surface area contributed by atoms with Gasteiger partial charge >= 0.3 is 0 Å². The SMILES string of the molecule is N#CC(=CNc1c(O)c(S(=O)(=O)[O-])c(O)c2c1C(=O)c1ccccc1C2=O)c1nn[nH]n1. The molecule has 0 fully saturated rings. The van der Waals surface area contributed by atoms with Crippen molar-refractivity contribution in [3.63, 3.8) is 0 Å². The minimum absolute atomic E-state index is 0.0766. The monoisotopic (exact) mass is 453 g/mol. The Kier molecular flexibility index (Phi) is 4.69.